The molecule has 0 aliphatic carbocycles. The highest BCUT2D eigenvalue weighted by molar-refractivity contribution is 7.89. The van der Waals surface area contributed by atoms with E-state index in [1.807, 2.05) is 0 Å². The quantitative estimate of drug-likeness (QED) is 0.853. The first-order valence-electron chi connectivity index (χ1n) is 7.12. The topological polar surface area (TPSA) is 75.4 Å². The van der Waals surface area contributed by atoms with Crippen molar-refractivity contribution in [2.24, 2.45) is 5.92 Å². The number of hydrogen-bond donors (Lipinski definition) is 1. The van der Waals surface area contributed by atoms with Gasteiger partial charge in [-0.15, -0.1) is 0 Å². The van der Waals surface area contributed by atoms with E-state index in [0.717, 1.165) is 12.8 Å². The van der Waals surface area contributed by atoms with Crippen LogP contribution in [-0.4, -0.2) is 46.8 Å². The summed E-state index contributed by atoms with van der Waals surface area (Å²) in [4.78, 5) is 0.253. The first-order chi connectivity index (χ1) is 9.46. The number of aryl methyl sites for hydroxylation is 1. The van der Waals surface area contributed by atoms with Gasteiger partial charge in [-0.05, 0) is 25.2 Å². The Morgan fingerprint density at radius 3 is 2.90 bits per heavy atom. The van der Waals surface area contributed by atoms with E-state index >= 15 is 0 Å². The van der Waals surface area contributed by atoms with Gasteiger partial charge in [-0.3, -0.25) is 4.68 Å². The fourth-order valence-electron chi connectivity index (χ4n) is 2.70. The molecule has 1 aliphatic rings. The van der Waals surface area contributed by atoms with Crippen molar-refractivity contribution in [2.75, 3.05) is 13.2 Å². The van der Waals surface area contributed by atoms with E-state index in [1.54, 1.807) is 15.2 Å². The SMILES string of the molecule is CC(C)C1CCCN1S(=O)(=O)c1cnn(CCCO)c1. The predicted molar refractivity (Wildman–Crippen MR) is 75.7 cm³/mol. The second-order valence-electron chi connectivity index (χ2n) is 5.59. The van der Waals surface area contributed by atoms with Crippen LogP contribution in [-0.2, 0) is 16.6 Å². The van der Waals surface area contributed by atoms with Gasteiger partial charge in [-0.1, -0.05) is 13.8 Å². The van der Waals surface area contributed by atoms with E-state index in [2.05, 4.69) is 18.9 Å². The molecule has 6 nitrogen and oxygen atoms in total. The van der Waals surface area contributed by atoms with Crippen LogP contribution in [0.4, 0.5) is 0 Å². The summed E-state index contributed by atoms with van der Waals surface area (Å²) in [6.45, 7) is 5.31. The standard InChI is InChI=1S/C13H23N3O3S/c1-11(2)13-5-3-7-16(13)20(18,19)12-9-14-15(10-12)6-4-8-17/h9-11,13,17H,3-8H2,1-2H3. The van der Waals surface area contributed by atoms with Gasteiger partial charge in [-0.25, -0.2) is 8.42 Å². The average molecular weight is 301 g/mol. The zero-order valence-corrected chi connectivity index (χ0v) is 12.9. The Balaban J connectivity index is 2.19. The van der Waals surface area contributed by atoms with Gasteiger partial charge in [0, 0.05) is 31.9 Å². The number of nitrogens with zero attached hydrogens (tertiary/aromatic N) is 3. The number of aromatic nitrogens is 2. The molecule has 1 aliphatic heterocycles. The molecule has 0 radical (unpaired) electrons. The third kappa shape index (κ3) is 3.05. The number of rotatable bonds is 6. The molecule has 0 bridgehead atoms. The van der Waals surface area contributed by atoms with Crippen LogP contribution in [0.1, 0.15) is 33.1 Å². The average Bonchev–Trinajstić information content (AvgIpc) is 3.05. The fourth-order valence-corrected chi connectivity index (χ4v) is 4.48. The predicted octanol–water partition coefficient (Wildman–Crippen LogP) is 1.07. The Morgan fingerprint density at radius 1 is 1.50 bits per heavy atom. The number of hydrogen-bond acceptors (Lipinski definition) is 4. The van der Waals surface area contributed by atoms with Gasteiger partial charge >= 0.3 is 0 Å². The Kier molecular flexibility index (Phi) is 4.82. The van der Waals surface area contributed by atoms with Gasteiger partial charge in [0.2, 0.25) is 10.0 Å². The number of sulfonamides is 1. The van der Waals surface area contributed by atoms with Crippen molar-refractivity contribution >= 4 is 10.0 Å². The van der Waals surface area contributed by atoms with Gasteiger partial charge in [0.15, 0.2) is 0 Å². The van der Waals surface area contributed by atoms with E-state index in [9.17, 15) is 8.42 Å². The molecule has 2 rings (SSSR count). The Labute approximate surface area is 120 Å². The summed E-state index contributed by atoms with van der Waals surface area (Å²) < 4.78 is 28.5. The highest BCUT2D eigenvalue weighted by atomic mass is 32.2. The van der Waals surface area contributed by atoms with Crippen molar-refractivity contribution in [1.82, 2.24) is 14.1 Å². The summed E-state index contributed by atoms with van der Waals surface area (Å²) in [5.74, 6) is 0.316. The van der Waals surface area contributed by atoms with Crippen molar-refractivity contribution in [2.45, 2.75) is 50.6 Å². The maximum Gasteiger partial charge on any atom is 0.246 e. The highest BCUT2D eigenvalue weighted by Crippen LogP contribution is 2.29. The fraction of sp³-hybridized carbons (Fsp3) is 0.769. The molecule has 1 saturated heterocycles. The van der Waals surface area contributed by atoms with Gasteiger partial charge < -0.3 is 5.11 Å². The Morgan fingerprint density at radius 2 is 2.25 bits per heavy atom. The molecule has 0 spiro atoms. The second kappa shape index (κ2) is 6.24. The minimum Gasteiger partial charge on any atom is -0.396 e. The molecule has 20 heavy (non-hydrogen) atoms. The summed E-state index contributed by atoms with van der Waals surface area (Å²) in [5.41, 5.74) is 0. The second-order valence-corrected chi connectivity index (χ2v) is 7.48. The van der Waals surface area contributed by atoms with Crippen molar-refractivity contribution < 1.29 is 13.5 Å². The molecule has 1 N–H and O–H groups in total. The number of aliphatic hydroxyl groups excluding tert-OH is 1. The molecular weight excluding hydrogens is 278 g/mol. The summed E-state index contributed by atoms with van der Waals surface area (Å²) in [6, 6.07) is 0.0841. The first-order valence-corrected chi connectivity index (χ1v) is 8.56. The summed E-state index contributed by atoms with van der Waals surface area (Å²) >= 11 is 0. The zero-order chi connectivity index (χ0) is 14.8. The van der Waals surface area contributed by atoms with Gasteiger partial charge in [0.05, 0.1) is 6.20 Å². The van der Waals surface area contributed by atoms with Crippen LogP contribution in [0.5, 0.6) is 0 Å². The van der Waals surface area contributed by atoms with Crippen LogP contribution in [0.25, 0.3) is 0 Å². The monoisotopic (exact) mass is 301 g/mol. The van der Waals surface area contributed by atoms with Crippen molar-refractivity contribution in [3.8, 4) is 0 Å². The van der Waals surface area contributed by atoms with Gasteiger partial charge in [-0.2, -0.15) is 9.40 Å². The molecule has 0 aromatic carbocycles. The molecule has 1 unspecified atom stereocenters. The lowest BCUT2D eigenvalue weighted by molar-refractivity contribution is 0.277. The van der Waals surface area contributed by atoms with Crippen LogP contribution < -0.4 is 0 Å². The van der Waals surface area contributed by atoms with E-state index in [1.165, 1.54) is 6.20 Å². The molecular formula is C13H23N3O3S. The highest BCUT2D eigenvalue weighted by Gasteiger charge is 2.37. The summed E-state index contributed by atoms with van der Waals surface area (Å²) in [5, 5.41) is 12.9. The molecule has 1 fully saturated rings. The molecule has 114 valence electrons. The third-order valence-corrected chi connectivity index (χ3v) is 5.66. The largest absolute Gasteiger partial charge is 0.396 e. The van der Waals surface area contributed by atoms with E-state index in [0.29, 0.717) is 25.4 Å². The normalized spacial score (nSPS) is 20.9. The lowest BCUT2D eigenvalue weighted by Gasteiger charge is -2.26. The van der Waals surface area contributed by atoms with Crippen LogP contribution in [0.2, 0.25) is 0 Å². The van der Waals surface area contributed by atoms with Gasteiger partial charge in [0.25, 0.3) is 0 Å². The van der Waals surface area contributed by atoms with Crippen LogP contribution in [0.3, 0.4) is 0 Å². The van der Waals surface area contributed by atoms with Crippen molar-refractivity contribution in [3.05, 3.63) is 12.4 Å². The lowest BCUT2D eigenvalue weighted by atomic mass is 10.0. The Hall–Kier alpha value is -0.920. The smallest absolute Gasteiger partial charge is 0.246 e. The Bertz CT molecular complexity index is 539. The molecule has 0 saturated carbocycles. The van der Waals surface area contributed by atoms with Crippen LogP contribution in [0, 0.1) is 5.92 Å². The third-order valence-electron chi connectivity index (χ3n) is 3.78. The molecule has 2 heterocycles. The maximum absolute atomic E-state index is 12.7. The van der Waals surface area contributed by atoms with Crippen LogP contribution in [0.15, 0.2) is 17.3 Å². The van der Waals surface area contributed by atoms with Crippen LogP contribution >= 0.6 is 0 Å². The number of aliphatic hydroxyl groups is 1. The minimum atomic E-state index is -3.45. The summed E-state index contributed by atoms with van der Waals surface area (Å²) in [7, 11) is -3.45. The lowest BCUT2D eigenvalue weighted by Crippen LogP contribution is -2.38. The minimum absolute atomic E-state index is 0.0729. The van der Waals surface area contributed by atoms with E-state index in [4.69, 9.17) is 5.11 Å². The zero-order valence-electron chi connectivity index (χ0n) is 12.1. The maximum atomic E-state index is 12.7. The van der Waals surface area contributed by atoms with E-state index < -0.39 is 10.0 Å². The molecule has 1 aromatic rings. The molecule has 1 aromatic heterocycles. The van der Waals surface area contributed by atoms with Crippen molar-refractivity contribution in [3.63, 3.8) is 0 Å². The molecule has 1 atom stereocenters. The summed E-state index contributed by atoms with van der Waals surface area (Å²) in [6.07, 6.45) is 5.37. The van der Waals surface area contributed by atoms with E-state index in [-0.39, 0.29) is 17.5 Å². The van der Waals surface area contributed by atoms with Gasteiger partial charge in [0.1, 0.15) is 4.90 Å². The van der Waals surface area contributed by atoms with Crippen molar-refractivity contribution in [1.29, 1.82) is 0 Å². The molecule has 7 heteroatoms. The molecule has 0 amide bonds. The first kappa shape index (κ1) is 15.5.